The first-order chi connectivity index (χ1) is 14.2. The van der Waals surface area contributed by atoms with Crippen molar-refractivity contribution in [1.82, 2.24) is 9.80 Å². The van der Waals surface area contributed by atoms with E-state index in [2.05, 4.69) is 52.3 Å². The molecule has 0 amide bonds. The van der Waals surface area contributed by atoms with Gasteiger partial charge in [-0.2, -0.15) is 0 Å². The Kier molecular flexibility index (Phi) is 5.21. The zero-order valence-electron chi connectivity index (χ0n) is 16.9. The van der Waals surface area contributed by atoms with E-state index in [1.54, 1.807) is 6.07 Å². The summed E-state index contributed by atoms with van der Waals surface area (Å²) in [6, 6.07) is 16.8. The number of benzene rings is 2. The topological polar surface area (TPSA) is 36.7 Å². The van der Waals surface area contributed by atoms with Crippen LogP contribution in [0.1, 0.15) is 35.1 Å². The monoisotopic (exact) mass is 388 g/mol. The van der Waals surface area contributed by atoms with Gasteiger partial charge in [0.05, 0.1) is 0 Å². The molecule has 0 N–H and O–H groups in total. The van der Waals surface area contributed by atoms with Gasteiger partial charge in [-0.15, -0.1) is 0 Å². The molecule has 0 unspecified atom stereocenters. The second kappa shape index (κ2) is 8.13. The van der Waals surface area contributed by atoms with Crippen LogP contribution in [0, 0.1) is 0 Å². The molecule has 29 heavy (non-hydrogen) atoms. The fourth-order valence-corrected chi connectivity index (χ4v) is 4.78. The average Bonchev–Trinajstić information content (AvgIpc) is 2.74. The van der Waals surface area contributed by atoms with Crippen molar-refractivity contribution in [3.8, 4) is 0 Å². The van der Waals surface area contributed by atoms with Crippen molar-refractivity contribution in [1.29, 1.82) is 0 Å². The number of hydrogen-bond acceptors (Lipinski definition) is 4. The highest BCUT2D eigenvalue weighted by atomic mass is 16.4. The second-order valence-corrected chi connectivity index (χ2v) is 8.45. The third kappa shape index (κ3) is 4.14. The summed E-state index contributed by atoms with van der Waals surface area (Å²) in [4.78, 5) is 17.2. The van der Waals surface area contributed by atoms with Gasteiger partial charge < -0.3 is 4.42 Å². The van der Waals surface area contributed by atoms with Gasteiger partial charge in [0.15, 0.2) is 0 Å². The molecule has 1 aromatic heterocycles. The molecule has 0 spiro atoms. The summed E-state index contributed by atoms with van der Waals surface area (Å²) in [6.45, 7) is 6.01. The lowest BCUT2D eigenvalue weighted by Crippen LogP contribution is -2.45. The normalized spacial score (nSPS) is 18.1. The van der Waals surface area contributed by atoms with E-state index in [4.69, 9.17) is 4.42 Å². The maximum absolute atomic E-state index is 12.2. The predicted molar refractivity (Wildman–Crippen MR) is 116 cm³/mol. The lowest BCUT2D eigenvalue weighted by Gasteiger charge is -2.34. The maximum atomic E-state index is 12.2. The first-order valence-corrected chi connectivity index (χ1v) is 10.8. The molecule has 2 heterocycles. The summed E-state index contributed by atoms with van der Waals surface area (Å²) in [6.07, 6.45) is 4.73. The SMILES string of the molecule is O=c1cc(CN2CCN(Cc3ccccc3)CC2)c2cc3c(cc2o1)CCCC3. The van der Waals surface area contributed by atoms with Crippen molar-refractivity contribution < 1.29 is 4.42 Å². The van der Waals surface area contributed by atoms with Crippen LogP contribution in [0.3, 0.4) is 0 Å². The molecule has 5 rings (SSSR count). The Morgan fingerprint density at radius 2 is 1.45 bits per heavy atom. The van der Waals surface area contributed by atoms with E-state index in [0.29, 0.717) is 0 Å². The second-order valence-electron chi connectivity index (χ2n) is 8.45. The molecule has 150 valence electrons. The molecule has 1 aliphatic carbocycles. The Bertz CT molecular complexity index is 1050. The van der Waals surface area contributed by atoms with Crippen LogP contribution in [0.15, 0.2) is 57.7 Å². The molecule has 4 nitrogen and oxygen atoms in total. The molecule has 1 aliphatic heterocycles. The van der Waals surface area contributed by atoms with Crippen LogP contribution in [0.2, 0.25) is 0 Å². The van der Waals surface area contributed by atoms with Gasteiger partial charge in [0.25, 0.3) is 0 Å². The van der Waals surface area contributed by atoms with E-state index in [1.807, 2.05) is 0 Å². The zero-order valence-corrected chi connectivity index (χ0v) is 16.9. The van der Waals surface area contributed by atoms with Crippen LogP contribution in [0.5, 0.6) is 0 Å². The fraction of sp³-hybridized carbons (Fsp3) is 0.400. The summed E-state index contributed by atoms with van der Waals surface area (Å²) < 4.78 is 5.56. The van der Waals surface area contributed by atoms with Gasteiger partial charge in [0.1, 0.15) is 5.58 Å². The van der Waals surface area contributed by atoms with Gasteiger partial charge in [-0.25, -0.2) is 4.79 Å². The Labute approximate surface area is 171 Å². The van der Waals surface area contributed by atoms with Crippen molar-refractivity contribution in [2.45, 2.75) is 38.8 Å². The minimum atomic E-state index is -0.231. The number of rotatable bonds is 4. The minimum Gasteiger partial charge on any atom is -0.423 e. The molecule has 0 saturated carbocycles. The molecule has 2 aliphatic rings. The molecule has 0 bridgehead atoms. The molecule has 0 radical (unpaired) electrons. The smallest absolute Gasteiger partial charge is 0.336 e. The van der Waals surface area contributed by atoms with E-state index in [9.17, 15) is 4.79 Å². The summed E-state index contributed by atoms with van der Waals surface area (Å²) in [5.41, 5.74) is 5.81. The lowest BCUT2D eigenvalue weighted by molar-refractivity contribution is 0.122. The van der Waals surface area contributed by atoms with Crippen molar-refractivity contribution in [3.63, 3.8) is 0 Å². The van der Waals surface area contributed by atoms with Gasteiger partial charge in [0, 0.05) is 50.7 Å². The molecule has 4 heteroatoms. The van der Waals surface area contributed by atoms with E-state index in [-0.39, 0.29) is 5.63 Å². The van der Waals surface area contributed by atoms with E-state index >= 15 is 0 Å². The van der Waals surface area contributed by atoms with Gasteiger partial charge >= 0.3 is 5.63 Å². The Hall–Kier alpha value is -2.43. The third-order valence-electron chi connectivity index (χ3n) is 6.40. The van der Waals surface area contributed by atoms with Gasteiger partial charge in [-0.1, -0.05) is 30.3 Å². The van der Waals surface area contributed by atoms with Crippen LogP contribution < -0.4 is 5.63 Å². The summed E-state index contributed by atoms with van der Waals surface area (Å²) >= 11 is 0. The lowest BCUT2D eigenvalue weighted by atomic mass is 9.90. The van der Waals surface area contributed by atoms with Crippen LogP contribution in [-0.4, -0.2) is 36.0 Å². The third-order valence-corrected chi connectivity index (χ3v) is 6.40. The largest absolute Gasteiger partial charge is 0.423 e. The Morgan fingerprint density at radius 3 is 2.17 bits per heavy atom. The van der Waals surface area contributed by atoms with Crippen molar-refractivity contribution in [2.24, 2.45) is 0 Å². The van der Waals surface area contributed by atoms with E-state index < -0.39 is 0 Å². The van der Waals surface area contributed by atoms with Crippen LogP contribution in [-0.2, 0) is 25.9 Å². The number of fused-ring (bicyclic) bond motifs is 2. The van der Waals surface area contributed by atoms with Gasteiger partial charge in [-0.3, -0.25) is 9.80 Å². The quantitative estimate of drug-likeness (QED) is 0.634. The molecule has 1 fully saturated rings. The van der Waals surface area contributed by atoms with E-state index in [0.717, 1.165) is 68.6 Å². The minimum absolute atomic E-state index is 0.231. The zero-order chi connectivity index (χ0) is 19.6. The molecular weight excluding hydrogens is 360 g/mol. The number of hydrogen-bond donors (Lipinski definition) is 0. The molecular formula is C25H28N2O2. The Morgan fingerprint density at radius 1 is 0.793 bits per heavy atom. The first kappa shape index (κ1) is 18.6. The number of aryl methyl sites for hydroxylation is 2. The average molecular weight is 389 g/mol. The molecule has 3 aromatic rings. The first-order valence-electron chi connectivity index (χ1n) is 10.8. The predicted octanol–water partition coefficient (Wildman–Crippen LogP) is 3.99. The molecule has 2 aromatic carbocycles. The fourth-order valence-electron chi connectivity index (χ4n) is 4.78. The van der Waals surface area contributed by atoms with Crippen LogP contribution in [0.25, 0.3) is 11.0 Å². The van der Waals surface area contributed by atoms with Crippen LogP contribution >= 0.6 is 0 Å². The summed E-state index contributed by atoms with van der Waals surface area (Å²) in [7, 11) is 0. The van der Waals surface area contributed by atoms with Crippen LogP contribution in [0.4, 0.5) is 0 Å². The van der Waals surface area contributed by atoms with Gasteiger partial charge in [0.2, 0.25) is 0 Å². The highest BCUT2D eigenvalue weighted by Crippen LogP contribution is 2.28. The highest BCUT2D eigenvalue weighted by molar-refractivity contribution is 5.82. The van der Waals surface area contributed by atoms with Crippen molar-refractivity contribution >= 4 is 11.0 Å². The number of nitrogens with zero attached hydrogens (tertiary/aromatic N) is 2. The Balaban J connectivity index is 1.31. The standard InChI is InChI=1S/C25H28N2O2/c28-25-16-22(23-14-20-8-4-5-9-21(20)15-24(23)29-25)18-27-12-10-26(11-13-27)17-19-6-2-1-3-7-19/h1-3,6-7,14-16H,4-5,8-13,17-18H2. The summed E-state index contributed by atoms with van der Waals surface area (Å²) in [5, 5.41) is 1.12. The van der Waals surface area contributed by atoms with Crippen molar-refractivity contribution in [2.75, 3.05) is 26.2 Å². The van der Waals surface area contributed by atoms with Gasteiger partial charge in [-0.05, 0) is 60.1 Å². The molecule has 1 saturated heterocycles. The number of piperazine rings is 1. The van der Waals surface area contributed by atoms with E-state index in [1.165, 1.54) is 29.5 Å². The summed E-state index contributed by atoms with van der Waals surface area (Å²) in [5.74, 6) is 0. The highest BCUT2D eigenvalue weighted by Gasteiger charge is 2.19. The van der Waals surface area contributed by atoms with Crippen molar-refractivity contribution in [3.05, 3.63) is 81.2 Å². The molecule has 0 atom stereocenters. The maximum Gasteiger partial charge on any atom is 0.336 e.